The lowest BCUT2D eigenvalue weighted by atomic mass is 9.90. The second kappa shape index (κ2) is 11.2. The Hall–Kier alpha value is -3.70. The molecule has 1 aliphatic carbocycles. The smallest absolute Gasteiger partial charge is 0.259 e. The summed E-state index contributed by atoms with van der Waals surface area (Å²) in [6, 6.07) is 8.09. The zero-order valence-corrected chi connectivity index (χ0v) is 20.6. The number of carbonyl (C=O) groups is 2. The van der Waals surface area contributed by atoms with Crippen LogP contribution in [-0.4, -0.2) is 41.4 Å². The SMILES string of the molecule is C=C/C=C\C(C1=C(c2cn(CCN(C)CCCC)c3ccccc23)C(=O)NC1=O)=C1\C=CC=CC1. The van der Waals surface area contributed by atoms with Crippen LogP contribution in [0.1, 0.15) is 31.7 Å². The molecule has 0 atom stereocenters. The van der Waals surface area contributed by atoms with Crippen LogP contribution < -0.4 is 5.32 Å². The number of rotatable bonds is 10. The van der Waals surface area contributed by atoms with Crippen molar-refractivity contribution >= 4 is 28.3 Å². The molecule has 0 unspecified atom stereocenters. The molecule has 2 aliphatic rings. The van der Waals surface area contributed by atoms with Gasteiger partial charge >= 0.3 is 0 Å². The summed E-state index contributed by atoms with van der Waals surface area (Å²) in [6.45, 7) is 8.75. The van der Waals surface area contributed by atoms with E-state index in [4.69, 9.17) is 0 Å². The first-order valence-electron chi connectivity index (χ1n) is 12.3. The van der Waals surface area contributed by atoms with Gasteiger partial charge in [0.25, 0.3) is 11.8 Å². The van der Waals surface area contributed by atoms with Crippen LogP contribution in [0.2, 0.25) is 0 Å². The molecule has 1 aromatic carbocycles. The first-order valence-corrected chi connectivity index (χ1v) is 12.3. The van der Waals surface area contributed by atoms with Gasteiger partial charge in [-0.2, -0.15) is 0 Å². The summed E-state index contributed by atoms with van der Waals surface area (Å²) in [5.74, 6) is -0.714. The van der Waals surface area contributed by atoms with Crippen LogP contribution in [0.15, 0.2) is 96.3 Å². The first kappa shape index (κ1) is 24.4. The molecule has 5 nitrogen and oxygen atoms in total. The summed E-state index contributed by atoms with van der Waals surface area (Å²) >= 11 is 0. The minimum atomic E-state index is -0.361. The van der Waals surface area contributed by atoms with Crippen molar-refractivity contribution < 1.29 is 9.59 Å². The van der Waals surface area contributed by atoms with Crippen molar-refractivity contribution in [2.45, 2.75) is 32.7 Å². The number of likely N-dealkylation sites (N-methyl/N-ethyl adjacent to an activating group) is 1. The predicted molar refractivity (Wildman–Crippen MR) is 144 cm³/mol. The number of hydrogen-bond acceptors (Lipinski definition) is 3. The second-order valence-corrected chi connectivity index (χ2v) is 8.97. The molecule has 0 saturated heterocycles. The van der Waals surface area contributed by atoms with Crippen LogP contribution in [0.3, 0.4) is 0 Å². The summed E-state index contributed by atoms with van der Waals surface area (Å²) in [7, 11) is 2.14. The lowest BCUT2D eigenvalue weighted by Crippen LogP contribution is -2.24. The zero-order chi connectivity index (χ0) is 24.8. The van der Waals surface area contributed by atoms with Crippen molar-refractivity contribution in [2.24, 2.45) is 0 Å². The van der Waals surface area contributed by atoms with Crippen molar-refractivity contribution in [1.82, 2.24) is 14.8 Å². The monoisotopic (exact) mass is 467 g/mol. The number of fused-ring (bicyclic) bond motifs is 1. The summed E-state index contributed by atoms with van der Waals surface area (Å²) in [5, 5.41) is 3.52. The summed E-state index contributed by atoms with van der Waals surface area (Å²) < 4.78 is 2.20. The van der Waals surface area contributed by atoms with Crippen LogP contribution in [0.25, 0.3) is 16.5 Å². The fourth-order valence-electron chi connectivity index (χ4n) is 4.65. The average molecular weight is 468 g/mol. The predicted octanol–water partition coefficient (Wildman–Crippen LogP) is 5.34. The third kappa shape index (κ3) is 5.20. The molecule has 2 amide bonds. The standard InChI is InChI=1S/C30H33N3O2/c1-4-6-15-23(22-13-9-8-10-14-22)27-28(30(35)31-29(27)34)25-21-33(20-19-32(3)18-7-5-2)26-17-12-11-16-24(25)26/h4,6,8-13,15-17,21H,1,5,7,14,18-20H2,2-3H3,(H,31,34,35)/b15-6-,23-22+. The molecular weight excluding hydrogens is 434 g/mol. The Bertz CT molecular complexity index is 1300. The van der Waals surface area contributed by atoms with Gasteiger partial charge in [-0.1, -0.05) is 80.7 Å². The Morgan fingerprint density at radius 1 is 1.17 bits per heavy atom. The van der Waals surface area contributed by atoms with Crippen LogP contribution in [0, 0.1) is 0 Å². The van der Waals surface area contributed by atoms with E-state index in [0.29, 0.717) is 17.6 Å². The van der Waals surface area contributed by atoms with E-state index < -0.39 is 0 Å². The summed E-state index contributed by atoms with van der Waals surface area (Å²) in [5.41, 5.74) is 4.44. The molecule has 180 valence electrons. The van der Waals surface area contributed by atoms with Crippen LogP contribution in [-0.2, 0) is 16.1 Å². The van der Waals surface area contributed by atoms with Gasteiger partial charge in [-0.15, -0.1) is 0 Å². The number of amides is 2. The van der Waals surface area contributed by atoms with E-state index in [1.807, 2.05) is 60.9 Å². The van der Waals surface area contributed by atoms with Gasteiger partial charge in [0.15, 0.2) is 0 Å². The third-order valence-corrected chi connectivity index (χ3v) is 6.50. The van der Waals surface area contributed by atoms with Crippen molar-refractivity contribution in [3.63, 3.8) is 0 Å². The topological polar surface area (TPSA) is 54.3 Å². The van der Waals surface area contributed by atoms with Crippen molar-refractivity contribution in [2.75, 3.05) is 20.1 Å². The number of nitrogens with zero attached hydrogens (tertiary/aromatic N) is 2. The third-order valence-electron chi connectivity index (χ3n) is 6.50. The number of imide groups is 1. The zero-order valence-electron chi connectivity index (χ0n) is 20.6. The minimum absolute atomic E-state index is 0.353. The van der Waals surface area contributed by atoms with Crippen LogP contribution in [0.4, 0.5) is 0 Å². The molecule has 1 aliphatic heterocycles. The molecule has 1 aromatic heterocycles. The normalized spacial score (nSPS) is 17.3. The molecule has 1 N–H and O–H groups in total. The maximum absolute atomic E-state index is 13.2. The highest BCUT2D eigenvalue weighted by Gasteiger charge is 2.35. The Balaban J connectivity index is 1.85. The summed E-state index contributed by atoms with van der Waals surface area (Å²) in [6.07, 6.45) is 18.4. The van der Waals surface area contributed by atoms with Crippen molar-refractivity contribution in [1.29, 1.82) is 0 Å². The van der Waals surface area contributed by atoms with E-state index >= 15 is 0 Å². The molecule has 5 heteroatoms. The van der Waals surface area contributed by atoms with Crippen LogP contribution in [0.5, 0.6) is 0 Å². The maximum atomic E-state index is 13.2. The van der Waals surface area contributed by atoms with E-state index in [1.54, 1.807) is 6.08 Å². The quantitative estimate of drug-likeness (QED) is 0.379. The number of unbranched alkanes of at least 4 members (excludes halogenated alkanes) is 1. The van der Waals surface area contributed by atoms with Gasteiger partial charge in [0, 0.05) is 35.8 Å². The number of benzene rings is 1. The minimum Gasteiger partial charge on any atom is -0.346 e. The number of para-hydroxylation sites is 1. The highest BCUT2D eigenvalue weighted by Crippen LogP contribution is 2.37. The van der Waals surface area contributed by atoms with Gasteiger partial charge < -0.3 is 9.47 Å². The number of carbonyl (C=O) groups excluding carboxylic acids is 2. The highest BCUT2D eigenvalue weighted by molar-refractivity contribution is 6.39. The summed E-state index contributed by atoms with van der Waals surface area (Å²) in [4.78, 5) is 28.7. The Labute approximate surface area is 207 Å². The van der Waals surface area contributed by atoms with Gasteiger partial charge in [0.2, 0.25) is 0 Å². The van der Waals surface area contributed by atoms with Gasteiger partial charge in [0.05, 0.1) is 11.1 Å². The van der Waals surface area contributed by atoms with Crippen LogP contribution >= 0.6 is 0 Å². The highest BCUT2D eigenvalue weighted by atomic mass is 16.2. The van der Waals surface area contributed by atoms with Crippen molar-refractivity contribution in [3.8, 4) is 0 Å². The molecule has 2 heterocycles. The molecule has 4 rings (SSSR count). The molecule has 0 saturated carbocycles. The van der Waals surface area contributed by atoms with E-state index in [2.05, 4.69) is 41.4 Å². The molecule has 35 heavy (non-hydrogen) atoms. The van der Waals surface area contributed by atoms with Crippen molar-refractivity contribution in [3.05, 3.63) is 102 Å². The maximum Gasteiger partial charge on any atom is 0.259 e. The molecular formula is C30H33N3O2. The number of nitrogens with one attached hydrogen (secondary N) is 1. The number of aromatic nitrogens is 1. The average Bonchev–Trinajstić information content (AvgIpc) is 3.38. The Morgan fingerprint density at radius 2 is 2.00 bits per heavy atom. The Morgan fingerprint density at radius 3 is 2.74 bits per heavy atom. The van der Waals surface area contributed by atoms with Gasteiger partial charge in [-0.25, -0.2) is 0 Å². The molecule has 0 fully saturated rings. The van der Waals surface area contributed by atoms with E-state index in [1.165, 1.54) is 12.8 Å². The number of allylic oxidation sites excluding steroid dienone is 8. The van der Waals surface area contributed by atoms with Gasteiger partial charge in [-0.05, 0) is 43.6 Å². The molecule has 0 radical (unpaired) electrons. The Kier molecular flexibility index (Phi) is 7.78. The second-order valence-electron chi connectivity index (χ2n) is 8.97. The van der Waals surface area contributed by atoms with E-state index in [9.17, 15) is 9.59 Å². The van der Waals surface area contributed by atoms with Gasteiger partial charge in [-0.3, -0.25) is 14.9 Å². The first-order chi connectivity index (χ1) is 17.0. The van der Waals surface area contributed by atoms with E-state index in [0.717, 1.165) is 47.2 Å². The largest absolute Gasteiger partial charge is 0.346 e. The van der Waals surface area contributed by atoms with Gasteiger partial charge in [0.1, 0.15) is 0 Å². The number of hydrogen-bond donors (Lipinski definition) is 1. The lowest BCUT2D eigenvalue weighted by molar-refractivity contribution is -0.123. The molecule has 2 aromatic rings. The lowest BCUT2D eigenvalue weighted by Gasteiger charge is -2.16. The van der Waals surface area contributed by atoms with E-state index in [-0.39, 0.29) is 11.8 Å². The fourth-order valence-corrected chi connectivity index (χ4v) is 4.65. The fraction of sp³-hybridized carbons (Fsp3) is 0.267. The molecule has 0 spiro atoms. The molecule has 0 bridgehead atoms.